The molecule has 85 heavy (non-hydrogen) atoms. The number of rotatable bonds is 4. The van der Waals surface area contributed by atoms with E-state index in [4.69, 9.17) is 238 Å². The average molecular weight is 993 g/mol. The second-order valence-electron chi connectivity index (χ2n) is 21.2. The first-order valence-electron chi connectivity index (χ1n) is 25.3. The smallest absolute Gasteiger partial charge is 0.141 e. The molecule has 12 rings (SSSR count). The standard InChI is InChI=1S/C55H3B29O/c1-2-5(56)54-8(25-48(79)42(73)24-26(55(25)85-54)49(80)53(84)52(83)47(24)78)6(57)3-4-7(13-14-9-11-19(36(67)30(14)61)43(74)50(81)45(76)21(11)40(71)38(69)17(9)34(65)29(13)60)28(59)23(33(64)27(4)58)16-15-10-12-20(37(68)31(15)62)44(75)51(82)46(77)22(12)41(72)39(70)18(10)35(66)32(16)63/h1H,3H2/b8-6+,54-5-. The monoisotopic (exact) mass is 998 g/mol. The summed E-state index contributed by atoms with van der Waals surface area (Å²) < 4.78 is 6.51. The molecule has 0 saturated heterocycles. The van der Waals surface area contributed by atoms with Crippen molar-refractivity contribution < 1.29 is 4.42 Å². The van der Waals surface area contributed by atoms with Crippen molar-refractivity contribution in [3.05, 3.63) is 16.2 Å². The Morgan fingerprint density at radius 3 is 0.882 bits per heavy atom. The molecule has 0 aliphatic carbocycles. The lowest BCUT2D eigenvalue weighted by molar-refractivity contribution is 0.578. The Bertz CT molecular complexity index is 5390. The van der Waals surface area contributed by atoms with Gasteiger partial charge in [0.15, 0.2) is 0 Å². The molecule has 1 nitrogen and oxygen atoms in total. The molecule has 58 radical (unpaired) electrons. The molecule has 0 bridgehead atoms. The van der Waals surface area contributed by atoms with Gasteiger partial charge >= 0.3 is 0 Å². The van der Waals surface area contributed by atoms with E-state index in [1.54, 1.807) is 0 Å². The van der Waals surface area contributed by atoms with Crippen molar-refractivity contribution in [2.75, 3.05) is 0 Å². The van der Waals surface area contributed by atoms with Crippen LogP contribution in [0.3, 0.4) is 0 Å². The zero-order valence-electron chi connectivity index (χ0n) is 44.9. The largest absolute Gasteiger partial charge is 0.455 e. The van der Waals surface area contributed by atoms with Crippen LogP contribution in [0.2, 0.25) is 0 Å². The van der Waals surface area contributed by atoms with Crippen LogP contribution in [0.5, 0.6) is 0 Å². The summed E-state index contributed by atoms with van der Waals surface area (Å²) in [4.78, 5) is 0. The Labute approximate surface area is 530 Å². The maximum absolute atomic E-state index is 7.79. The van der Waals surface area contributed by atoms with Gasteiger partial charge in [-0.2, -0.15) is 0 Å². The molecule has 0 atom stereocenters. The van der Waals surface area contributed by atoms with E-state index in [0.29, 0.717) is 0 Å². The lowest BCUT2D eigenvalue weighted by Gasteiger charge is -2.34. The van der Waals surface area contributed by atoms with Gasteiger partial charge in [0.2, 0.25) is 0 Å². The SMILES string of the molecule is [B]/C(Cc1c([B])c([B])c(-c2c([B])c([B])c3c([B])c([B])c4c([B])c([B])c([B])c5c([B])c([B])c2c3c45)c([B])c1-c1c([B])c([B])c2c([B])c([B])c3c([B])c([B])c([B])c4c([B])c([B])c1c2c34)=c1/c(=C(/[B])C#C)oc2c1c([B])c([B])c1c([B])c([B])c([B])c([B])c12. The Hall–Kier alpha value is -5.52. The molecular formula is C55H3B29O. The van der Waals surface area contributed by atoms with Gasteiger partial charge < -0.3 is 4.42 Å². The molecule has 11 aromatic carbocycles. The molecule has 1 heterocycles. The summed E-state index contributed by atoms with van der Waals surface area (Å²) in [6, 6.07) is 0. The molecule has 0 N–H and O–H groups in total. The highest BCUT2D eigenvalue weighted by atomic mass is 16.3. The number of benzene rings is 11. The Morgan fingerprint density at radius 2 is 0.518 bits per heavy atom. The lowest BCUT2D eigenvalue weighted by Crippen LogP contribution is -2.50. The topological polar surface area (TPSA) is 13.1 Å². The van der Waals surface area contributed by atoms with Gasteiger partial charge in [-0.25, -0.2) is 0 Å². The predicted molar refractivity (Wildman–Crippen MR) is 394 cm³/mol. The first-order valence-corrected chi connectivity index (χ1v) is 25.3. The molecule has 0 aliphatic rings. The minimum absolute atomic E-state index is 0.00186. The van der Waals surface area contributed by atoms with E-state index in [1.165, 1.54) is 0 Å². The summed E-state index contributed by atoms with van der Waals surface area (Å²) in [6.45, 7) is 0. The fraction of sp³-hybridized carbons (Fsp3) is 0.0182. The molecule has 0 amide bonds. The van der Waals surface area contributed by atoms with Crippen LogP contribution in [-0.4, -0.2) is 228 Å². The minimum Gasteiger partial charge on any atom is -0.455 e. The third-order valence-corrected chi connectivity index (χ3v) is 17.1. The molecule has 1 aromatic heterocycles. The van der Waals surface area contributed by atoms with Gasteiger partial charge in [-0.3, -0.25) is 0 Å². The van der Waals surface area contributed by atoms with Gasteiger partial charge in [0.25, 0.3) is 0 Å². The van der Waals surface area contributed by atoms with Crippen molar-refractivity contribution in [3.63, 3.8) is 0 Å². The maximum atomic E-state index is 7.79. The second-order valence-corrected chi connectivity index (χ2v) is 21.2. The van der Waals surface area contributed by atoms with Gasteiger partial charge in [-0.1, -0.05) is 132 Å². The number of hydrogen-bond acceptors (Lipinski definition) is 1. The molecule has 316 valence electrons. The minimum atomic E-state index is -0.489. The van der Waals surface area contributed by atoms with E-state index >= 15 is 0 Å². The van der Waals surface area contributed by atoms with E-state index < -0.39 is 6.42 Å². The quantitative estimate of drug-likeness (QED) is 0.0973. The molecule has 12 aromatic rings. The molecule has 30 heteroatoms. The van der Waals surface area contributed by atoms with Crippen molar-refractivity contribution in [2.45, 2.75) is 6.42 Å². The number of hydrogen-bond donors (Lipinski definition) is 0. The fourth-order valence-corrected chi connectivity index (χ4v) is 12.9. The first-order chi connectivity index (χ1) is 39.8. The van der Waals surface area contributed by atoms with Gasteiger partial charge in [-0.05, 0) is 110 Å². The van der Waals surface area contributed by atoms with E-state index in [2.05, 4.69) is 5.92 Å². The van der Waals surface area contributed by atoms with Gasteiger partial charge in [-0.15, -0.1) is 33.7 Å². The van der Waals surface area contributed by atoms with Crippen molar-refractivity contribution >= 4 is 472 Å². The number of fused-ring (bicyclic) bond motifs is 3. The van der Waals surface area contributed by atoms with Crippen LogP contribution in [-0.2, 0) is 6.42 Å². The van der Waals surface area contributed by atoms with Crippen LogP contribution in [0.25, 0.3) is 120 Å². The van der Waals surface area contributed by atoms with Crippen molar-refractivity contribution in [3.8, 4) is 34.6 Å². The third-order valence-electron chi connectivity index (χ3n) is 17.1. The third kappa shape index (κ3) is 7.44. The van der Waals surface area contributed by atoms with Crippen LogP contribution >= 0.6 is 0 Å². The second kappa shape index (κ2) is 20.0. The maximum Gasteiger partial charge on any atom is 0.141 e. The van der Waals surface area contributed by atoms with E-state index in [1.807, 2.05) is 0 Å². The van der Waals surface area contributed by atoms with Gasteiger partial charge in [0.05, 0.1) is 0 Å². The molecular weight excluding hydrogens is 990 g/mol. The predicted octanol–water partition coefficient (Wildman–Crippen LogP) is -20.4. The highest BCUT2D eigenvalue weighted by Gasteiger charge is 2.32. The molecule has 0 spiro atoms. The average Bonchev–Trinajstić information content (AvgIpc) is 2.38. The summed E-state index contributed by atoms with van der Waals surface area (Å²) in [5, 5.41) is 2.32. The molecule has 0 aliphatic heterocycles. The Kier molecular flexibility index (Phi) is 14.1. The van der Waals surface area contributed by atoms with Crippen LogP contribution in [0.15, 0.2) is 4.42 Å². The van der Waals surface area contributed by atoms with Crippen LogP contribution in [0.1, 0.15) is 5.56 Å². The van der Waals surface area contributed by atoms with Crippen LogP contribution < -0.4 is 158 Å². The highest BCUT2D eigenvalue weighted by Crippen LogP contribution is 2.38. The molecule has 0 fully saturated rings. The number of furan rings is 1. The summed E-state index contributed by atoms with van der Waals surface area (Å²) in [6.07, 6.45) is 5.49. The van der Waals surface area contributed by atoms with E-state index in [0.717, 1.165) is 0 Å². The summed E-state index contributed by atoms with van der Waals surface area (Å²) in [5.74, 6) is 2.40. The zero-order valence-corrected chi connectivity index (χ0v) is 44.9. The highest BCUT2D eigenvalue weighted by molar-refractivity contribution is 6.79. The zero-order chi connectivity index (χ0) is 62.1. The number of terminal acetylenes is 1. The van der Waals surface area contributed by atoms with Crippen molar-refractivity contribution in [1.82, 2.24) is 0 Å². The lowest BCUT2D eigenvalue weighted by atomic mass is 9.56. The van der Waals surface area contributed by atoms with Crippen molar-refractivity contribution in [2.24, 2.45) is 0 Å². The Balaban J connectivity index is 1.35. The fourth-order valence-electron chi connectivity index (χ4n) is 12.9. The Morgan fingerprint density at radius 1 is 0.259 bits per heavy atom. The van der Waals surface area contributed by atoms with Crippen LogP contribution in [0.4, 0.5) is 0 Å². The summed E-state index contributed by atoms with van der Waals surface area (Å²) in [7, 11) is 201. The molecule has 0 saturated carbocycles. The van der Waals surface area contributed by atoms with Crippen molar-refractivity contribution in [1.29, 1.82) is 0 Å². The summed E-state index contributed by atoms with van der Waals surface area (Å²) in [5.41, 5.74) is -3.57. The van der Waals surface area contributed by atoms with Crippen LogP contribution in [0, 0.1) is 12.3 Å². The normalized spacial score (nSPS) is 12.8. The van der Waals surface area contributed by atoms with Gasteiger partial charge in [0, 0.05) is 16.0 Å². The molecule has 0 unspecified atom stereocenters. The van der Waals surface area contributed by atoms with Gasteiger partial charge in [0.1, 0.15) is 239 Å². The first kappa shape index (κ1) is 59.8. The summed E-state index contributed by atoms with van der Waals surface area (Å²) >= 11 is 0. The van der Waals surface area contributed by atoms with E-state index in [-0.39, 0.29) is 283 Å². The van der Waals surface area contributed by atoms with E-state index in [9.17, 15) is 0 Å².